The molecule has 0 spiro atoms. The molecule has 0 aromatic carbocycles. The minimum Gasteiger partial charge on any atom is -0.0654 e. The Kier molecular flexibility index (Phi) is 10.2. The van der Waals surface area contributed by atoms with E-state index in [0.717, 1.165) is 17.8 Å². The predicted molar refractivity (Wildman–Crippen MR) is 75.8 cm³/mol. The van der Waals surface area contributed by atoms with Crippen molar-refractivity contribution in [2.45, 2.75) is 86.0 Å². The van der Waals surface area contributed by atoms with Crippen molar-refractivity contribution in [3.8, 4) is 0 Å². The van der Waals surface area contributed by atoms with E-state index in [1.807, 2.05) is 0 Å². The SMILES string of the molecule is CCCC(C)C(C)CCCCCCC(C)C. The first kappa shape index (κ1) is 16.0. The van der Waals surface area contributed by atoms with Gasteiger partial charge in [0.1, 0.15) is 0 Å². The zero-order valence-electron chi connectivity index (χ0n) is 12.4. The van der Waals surface area contributed by atoms with Crippen LogP contribution in [0, 0.1) is 17.8 Å². The second-order valence-electron chi connectivity index (χ2n) is 6.13. The van der Waals surface area contributed by atoms with Crippen LogP contribution in [0.1, 0.15) is 86.0 Å². The van der Waals surface area contributed by atoms with Crippen molar-refractivity contribution in [1.29, 1.82) is 0 Å². The van der Waals surface area contributed by atoms with Crippen LogP contribution in [0.25, 0.3) is 0 Å². The van der Waals surface area contributed by atoms with Gasteiger partial charge in [-0.3, -0.25) is 0 Å². The van der Waals surface area contributed by atoms with E-state index in [1.54, 1.807) is 0 Å². The van der Waals surface area contributed by atoms with Gasteiger partial charge >= 0.3 is 0 Å². The molecule has 2 unspecified atom stereocenters. The molecule has 0 aliphatic heterocycles. The Morgan fingerprint density at radius 3 is 1.62 bits per heavy atom. The Bertz CT molecular complexity index is 137. The summed E-state index contributed by atoms with van der Waals surface area (Å²) in [5.74, 6) is 2.76. The molecule has 16 heavy (non-hydrogen) atoms. The van der Waals surface area contributed by atoms with Gasteiger partial charge in [0.2, 0.25) is 0 Å². The van der Waals surface area contributed by atoms with Gasteiger partial charge in [0.05, 0.1) is 0 Å². The van der Waals surface area contributed by atoms with E-state index >= 15 is 0 Å². The fraction of sp³-hybridized carbons (Fsp3) is 1.00. The Morgan fingerprint density at radius 1 is 0.625 bits per heavy atom. The minimum atomic E-state index is 0.892. The maximum absolute atomic E-state index is 2.44. The lowest BCUT2D eigenvalue weighted by atomic mass is 9.87. The number of rotatable bonds is 10. The maximum atomic E-state index is 2.44. The molecule has 0 N–H and O–H groups in total. The molecule has 2 atom stereocenters. The third-order valence-electron chi connectivity index (χ3n) is 3.91. The van der Waals surface area contributed by atoms with E-state index in [-0.39, 0.29) is 0 Å². The Balaban J connectivity index is 3.30. The first-order valence-corrected chi connectivity index (χ1v) is 7.57. The topological polar surface area (TPSA) is 0 Å². The highest BCUT2D eigenvalue weighted by atomic mass is 14.2. The summed E-state index contributed by atoms with van der Waals surface area (Å²) in [6.45, 7) is 11.8. The van der Waals surface area contributed by atoms with E-state index in [1.165, 1.54) is 51.4 Å². The smallest absolute Gasteiger partial charge is 0.0417 e. The first-order chi connectivity index (χ1) is 7.57. The molecule has 0 aliphatic carbocycles. The van der Waals surface area contributed by atoms with Gasteiger partial charge < -0.3 is 0 Å². The normalized spacial score (nSPS) is 15.4. The lowest BCUT2D eigenvalue weighted by Gasteiger charge is -2.19. The lowest BCUT2D eigenvalue weighted by Crippen LogP contribution is -2.07. The molecule has 0 bridgehead atoms. The highest BCUT2D eigenvalue weighted by Gasteiger charge is 2.10. The summed E-state index contributed by atoms with van der Waals surface area (Å²) in [5, 5.41) is 0. The van der Waals surface area contributed by atoms with Crippen molar-refractivity contribution in [3.63, 3.8) is 0 Å². The van der Waals surface area contributed by atoms with E-state index in [2.05, 4.69) is 34.6 Å². The molecule has 0 fully saturated rings. The van der Waals surface area contributed by atoms with Crippen LogP contribution in [0.15, 0.2) is 0 Å². The molecule has 0 rings (SSSR count). The second kappa shape index (κ2) is 10.2. The van der Waals surface area contributed by atoms with Crippen LogP contribution in [0.4, 0.5) is 0 Å². The average molecular weight is 226 g/mol. The molecular formula is C16H34. The predicted octanol–water partition coefficient (Wildman–Crippen LogP) is 6.06. The van der Waals surface area contributed by atoms with Gasteiger partial charge in [0.15, 0.2) is 0 Å². The number of hydrogen-bond acceptors (Lipinski definition) is 0. The highest BCUT2D eigenvalue weighted by Crippen LogP contribution is 2.22. The van der Waals surface area contributed by atoms with Gasteiger partial charge in [-0.15, -0.1) is 0 Å². The molecule has 0 amide bonds. The summed E-state index contributed by atoms with van der Waals surface area (Å²) in [4.78, 5) is 0. The molecule has 0 saturated carbocycles. The zero-order valence-corrected chi connectivity index (χ0v) is 12.4. The standard InChI is InChI=1S/C16H34/c1-6-11-15(4)16(5)13-10-8-7-9-12-14(2)3/h14-16H,6-13H2,1-5H3. The Hall–Kier alpha value is 0. The van der Waals surface area contributed by atoms with E-state index in [9.17, 15) is 0 Å². The van der Waals surface area contributed by atoms with Crippen LogP contribution >= 0.6 is 0 Å². The van der Waals surface area contributed by atoms with E-state index in [4.69, 9.17) is 0 Å². The molecule has 0 nitrogen and oxygen atoms in total. The quantitative estimate of drug-likeness (QED) is 0.397. The molecular weight excluding hydrogens is 192 g/mol. The van der Waals surface area contributed by atoms with Crippen molar-refractivity contribution in [2.75, 3.05) is 0 Å². The molecule has 0 aromatic rings. The van der Waals surface area contributed by atoms with Crippen molar-refractivity contribution in [1.82, 2.24) is 0 Å². The summed E-state index contributed by atoms with van der Waals surface area (Å²) < 4.78 is 0. The first-order valence-electron chi connectivity index (χ1n) is 7.57. The van der Waals surface area contributed by atoms with Crippen molar-refractivity contribution < 1.29 is 0 Å². The Morgan fingerprint density at radius 2 is 1.12 bits per heavy atom. The minimum absolute atomic E-state index is 0.892. The van der Waals surface area contributed by atoms with Gasteiger partial charge in [-0.05, 0) is 17.8 Å². The molecule has 0 aliphatic rings. The fourth-order valence-electron chi connectivity index (χ4n) is 2.40. The van der Waals surface area contributed by atoms with E-state index < -0.39 is 0 Å². The van der Waals surface area contributed by atoms with E-state index in [0.29, 0.717) is 0 Å². The van der Waals surface area contributed by atoms with Crippen LogP contribution in [-0.4, -0.2) is 0 Å². The van der Waals surface area contributed by atoms with Gasteiger partial charge in [0, 0.05) is 0 Å². The lowest BCUT2D eigenvalue weighted by molar-refractivity contribution is 0.329. The largest absolute Gasteiger partial charge is 0.0654 e. The second-order valence-corrected chi connectivity index (χ2v) is 6.13. The van der Waals surface area contributed by atoms with Crippen LogP contribution < -0.4 is 0 Å². The monoisotopic (exact) mass is 226 g/mol. The van der Waals surface area contributed by atoms with Crippen LogP contribution in [0.5, 0.6) is 0 Å². The average Bonchev–Trinajstić information content (AvgIpc) is 2.22. The van der Waals surface area contributed by atoms with Crippen LogP contribution in [-0.2, 0) is 0 Å². The summed E-state index contributed by atoms with van der Waals surface area (Å²) in [5.41, 5.74) is 0. The summed E-state index contributed by atoms with van der Waals surface area (Å²) in [6, 6.07) is 0. The molecule has 0 heterocycles. The van der Waals surface area contributed by atoms with Gasteiger partial charge in [-0.25, -0.2) is 0 Å². The third kappa shape index (κ3) is 9.24. The van der Waals surface area contributed by atoms with Gasteiger partial charge in [0.25, 0.3) is 0 Å². The highest BCUT2D eigenvalue weighted by molar-refractivity contribution is 4.62. The van der Waals surface area contributed by atoms with Crippen LogP contribution in [0.3, 0.4) is 0 Å². The van der Waals surface area contributed by atoms with Crippen molar-refractivity contribution >= 4 is 0 Å². The maximum Gasteiger partial charge on any atom is -0.0417 e. The van der Waals surface area contributed by atoms with Crippen molar-refractivity contribution in [3.05, 3.63) is 0 Å². The Labute approximate surface area is 104 Å². The molecule has 0 saturated heterocycles. The summed E-state index contributed by atoms with van der Waals surface area (Å²) in [6.07, 6.45) is 11.4. The van der Waals surface area contributed by atoms with Gasteiger partial charge in [-0.1, -0.05) is 86.0 Å². The fourth-order valence-corrected chi connectivity index (χ4v) is 2.40. The molecule has 98 valence electrons. The number of unbranched alkanes of at least 4 members (excludes halogenated alkanes) is 3. The molecule has 0 radical (unpaired) electrons. The van der Waals surface area contributed by atoms with Gasteiger partial charge in [-0.2, -0.15) is 0 Å². The summed E-state index contributed by atoms with van der Waals surface area (Å²) in [7, 11) is 0. The number of hydrogen-bond donors (Lipinski definition) is 0. The zero-order chi connectivity index (χ0) is 12.4. The molecule has 0 aromatic heterocycles. The summed E-state index contributed by atoms with van der Waals surface area (Å²) >= 11 is 0. The van der Waals surface area contributed by atoms with Crippen LogP contribution in [0.2, 0.25) is 0 Å². The third-order valence-corrected chi connectivity index (χ3v) is 3.91. The molecule has 0 heteroatoms. The van der Waals surface area contributed by atoms with Crippen molar-refractivity contribution in [2.24, 2.45) is 17.8 Å².